The Morgan fingerprint density at radius 1 is 1.16 bits per heavy atom. The third kappa shape index (κ3) is 4.50. The Kier molecular flexibility index (Phi) is 4.87. The van der Waals surface area contributed by atoms with Crippen molar-refractivity contribution in [2.24, 2.45) is 0 Å². The number of aromatic nitrogens is 2. The molecule has 1 aromatic carbocycles. The van der Waals surface area contributed by atoms with Crippen LogP contribution in [0.1, 0.15) is 24.5 Å². The number of carbonyl (C=O) groups is 1. The van der Waals surface area contributed by atoms with Gasteiger partial charge in [0, 0.05) is 35.9 Å². The van der Waals surface area contributed by atoms with Crippen molar-refractivity contribution in [2.75, 3.05) is 31.4 Å². The van der Waals surface area contributed by atoms with Gasteiger partial charge in [-0.2, -0.15) is 4.98 Å². The number of benzene rings is 1. The minimum absolute atomic E-state index is 0.236. The minimum atomic E-state index is -0.965. The lowest BCUT2D eigenvalue weighted by molar-refractivity contribution is -0.134. The van der Waals surface area contributed by atoms with E-state index >= 15 is 0 Å². The maximum Gasteiger partial charge on any atom is 0.322 e. The monoisotopic (exact) mass is 344 g/mol. The van der Waals surface area contributed by atoms with Crippen molar-refractivity contribution >= 4 is 23.4 Å². The van der Waals surface area contributed by atoms with E-state index in [1.165, 1.54) is 0 Å². The topological polar surface area (TPSA) is 106 Å². The van der Waals surface area contributed by atoms with E-state index in [0.29, 0.717) is 29.2 Å². The van der Waals surface area contributed by atoms with E-state index in [1.807, 2.05) is 18.2 Å². The molecule has 0 saturated heterocycles. The third-order valence-electron chi connectivity index (χ3n) is 3.76. The molecule has 0 bridgehead atoms. The summed E-state index contributed by atoms with van der Waals surface area (Å²) >= 11 is 0. The van der Waals surface area contributed by atoms with Gasteiger partial charge in [0.25, 0.3) is 0 Å². The zero-order valence-corrected chi connectivity index (χ0v) is 14.1. The number of anilines is 3. The fourth-order valence-electron chi connectivity index (χ4n) is 2.38. The van der Waals surface area contributed by atoms with Crippen molar-refractivity contribution in [1.29, 1.82) is 0 Å². The van der Waals surface area contributed by atoms with Gasteiger partial charge in [-0.05, 0) is 12.8 Å². The Balaban J connectivity index is 1.86. The van der Waals surface area contributed by atoms with E-state index in [2.05, 4.69) is 20.6 Å². The summed E-state index contributed by atoms with van der Waals surface area (Å²) in [6, 6.07) is 7.31. The number of aliphatic carboxylic acids is 1. The number of hydrogen-bond acceptors (Lipinski definition) is 7. The van der Waals surface area contributed by atoms with Gasteiger partial charge in [-0.1, -0.05) is 0 Å². The van der Waals surface area contributed by atoms with Crippen LogP contribution in [-0.4, -0.2) is 41.8 Å². The van der Waals surface area contributed by atoms with Crippen molar-refractivity contribution in [1.82, 2.24) is 9.97 Å². The second-order valence-corrected chi connectivity index (χ2v) is 5.75. The van der Waals surface area contributed by atoms with E-state index in [0.717, 1.165) is 24.2 Å². The van der Waals surface area contributed by atoms with Crippen LogP contribution in [-0.2, 0) is 4.79 Å². The highest BCUT2D eigenvalue weighted by molar-refractivity contribution is 5.72. The van der Waals surface area contributed by atoms with Crippen LogP contribution in [0.2, 0.25) is 0 Å². The number of rotatable bonds is 8. The lowest BCUT2D eigenvalue weighted by Crippen LogP contribution is -2.15. The molecule has 1 aliphatic rings. The van der Waals surface area contributed by atoms with Crippen LogP contribution < -0.4 is 20.1 Å². The molecule has 0 aliphatic heterocycles. The second kappa shape index (κ2) is 7.25. The van der Waals surface area contributed by atoms with Crippen molar-refractivity contribution in [2.45, 2.75) is 18.8 Å². The van der Waals surface area contributed by atoms with E-state index in [9.17, 15) is 4.79 Å². The van der Waals surface area contributed by atoms with Gasteiger partial charge in [0.15, 0.2) is 0 Å². The first-order valence-corrected chi connectivity index (χ1v) is 7.92. The highest BCUT2D eigenvalue weighted by Gasteiger charge is 2.26. The normalized spacial score (nSPS) is 13.2. The summed E-state index contributed by atoms with van der Waals surface area (Å²) < 4.78 is 10.5. The number of methoxy groups -OCH3 is 2. The number of hydrogen-bond donors (Lipinski definition) is 3. The van der Waals surface area contributed by atoms with E-state index in [1.54, 1.807) is 20.3 Å². The van der Waals surface area contributed by atoms with Crippen LogP contribution in [0, 0.1) is 0 Å². The number of nitrogens with zero attached hydrogens (tertiary/aromatic N) is 2. The maximum atomic E-state index is 10.8. The summed E-state index contributed by atoms with van der Waals surface area (Å²) in [5, 5.41) is 14.8. The Hall–Kier alpha value is -3.03. The molecule has 25 heavy (non-hydrogen) atoms. The number of nitrogens with one attached hydrogen (secondary N) is 2. The first-order valence-electron chi connectivity index (χ1n) is 7.92. The molecule has 0 spiro atoms. The number of carboxylic acid groups (broad SMARTS) is 1. The molecule has 1 heterocycles. The smallest absolute Gasteiger partial charge is 0.322 e. The molecule has 0 amide bonds. The molecule has 1 aliphatic carbocycles. The fourth-order valence-corrected chi connectivity index (χ4v) is 2.38. The summed E-state index contributed by atoms with van der Waals surface area (Å²) in [4.78, 5) is 19.5. The summed E-state index contributed by atoms with van der Waals surface area (Å²) in [6.07, 6.45) is 2.17. The predicted octanol–water partition coefficient (Wildman–Crippen LogP) is 2.61. The van der Waals surface area contributed by atoms with Crippen LogP contribution in [0.4, 0.5) is 17.5 Å². The maximum absolute atomic E-state index is 10.8. The average Bonchev–Trinajstić information content (AvgIpc) is 3.44. The lowest BCUT2D eigenvalue weighted by atomic mass is 10.2. The van der Waals surface area contributed by atoms with Gasteiger partial charge in [0.1, 0.15) is 23.9 Å². The Morgan fingerprint density at radius 3 is 2.40 bits per heavy atom. The van der Waals surface area contributed by atoms with Crippen molar-refractivity contribution in [3.05, 3.63) is 30.0 Å². The Labute approximate surface area is 145 Å². The van der Waals surface area contributed by atoms with Crippen molar-refractivity contribution in [3.8, 4) is 11.5 Å². The van der Waals surface area contributed by atoms with Gasteiger partial charge in [0.05, 0.1) is 19.9 Å². The third-order valence-corrected chi connectivity index (χ3v) is 3.76. The van der Waals surface area contributed by atoms with Crippen LogP contribution in [0.25, 0.3) is 0 Å². The highest BCUT2D eigenvalue weighted by Crippen LogP contribution is 2.40. The van der Waals surface area contributed by atoms with Gasteiger partial charge >= 0.3 is 5.97 Å². The van der Waals surface area contributed by atoms with Crippen molar-refractivity contribution < 1.29 is 19.4 Å². The average molecular weight is 344 g/mol. The second-order valence-electron chi connectivity index (χ2n) is 5.75. The molecule has 8 nitrogen and oxygen atoms in total. The molecule has 0 atom stereocenters. The largest absolute Gasteiger partial charge is 0.497 e. The summed E-state index contributed by atoms with van der Waals surface area (Å²) in [5.41, 5.74) is 1.65. The molecular weight excluding hydrogens is 324 g/mol. The van der Waals surface area contributed by atoms with Gasteiger partial charge in [0.2, 0.25) is 5.95 Å². The fraction of sp³-hybridized carbons (Fsp3) is 0.353. The zero-order valence-electron chi connectivity index (χ0n) is 14.1. The van der Waals surface area contributed by atoms with Gasteiger partial charge < -0.3 is 25.2 Å². The van der Waals surface area contributed by atoms with E-state index in [4.69, 9.17) is 14.6 Å². The molecule has 3 rings (SSSR count). The van der Waals surface area contributed by atoms with E-state index < -0.39 is 5.97 Å². The first-order chi connectivity index (χ1) is 12.1. The van der Waals surface area contributed by atoms with Gasteiger partial charge in [-0.25, -0.2) is 4.98 Å². The molecule has 1 aromatic heterocycles. The Bertz CT molecular complexity index is 755. The first kappa shape index (κ1) is 16.8. The summed E-state index contributed by atoms with van der Waals surface area (Å²) in [7, 11) is 3.17. The highest BCUT2D eigenvalue weighted by atomic mass is 16.5. The number of ether oxygens (including phenoxy) is 2. The number of carboxylic acids is 1. The lowest BCUT2D eigenvalue weighted by Gasteiger charge is -2.12. The van der Waals surface area contributed by atoms with Crippen LogP contribution in [0.3, 0.4) is 0 Å². The van der Waals surface area contributed by atoms with Crippen LogP contribution in [0.5, 0.6) is 11.5 Å². The minimum Gasteiger partial charge on any atom is -0.497 e. The molecule has 8 heteroatoms. The van der Waals surface area contributed by atoms with Gasteiger partial charge in [-0.15, -0.1) is 0 Å². The standard InChI is InChI=1S/C17H20N4O4/c1-24-12-5-11(6-13(7-12)25-2)19-15-8-14(10-3-4-10)20-17(21-15)18-9-16(22)23/h5-8,10H,3-4,9H2,1-2H3,(H,22,23)(H2,18,19,20,21). The molecule has 1 fully saturated rings. The van der Waals surface area contributed by atoms with Crippen LogP contribution >= 0.6 is 0 Å². The van der Waals surface area contributed by atoms with E-state index in [-0.39, 0.29) is 6.54 Å². The molecule has 2 aromatic rings. The summed E-state index contributed by atoms with van der Waals surface area (Å²) in [5.74, 6) is 1.63. The molecule has 132 valence electrons. The van der Waals surface area contributed by atoms with Crippen molar-refractivity contribution in [3.63, 3.8) is 0 Å². The molecule has 0 unspecified atom stereocenters. The van der Waals surface area contributed by atoms with Gasteiger partial charge in [-0.3, -0.25) is 4.79 Å². The summed E-state index contributed by atoms with van der Waals surface area (Å²) in [6.45, 7) is -0.236. The Morgan fingerprint density at radius 2 is 1.84 bits per heavy atom. The SMILES string of the molecule is COc1cc(Nc2cc(C3CC3)nc(NCC(=O)O)n2)cc(OC)c1. The van der Waals surface area contributed by atoms with Crippen LogP contribution in [0.15, 0.2) is 24.3 Å². The zero-order chi connectivity index (χ0) is 17.8. The predicted molar refractivity (Wildman–Crippen MR) is 93.0 cm³/mol. The molecule has 0 radical (unpaired) electrons. The molecule has 1 saturated carbocycles. The molecule has 3 N–H and O–H groups in total. The molecular formula is C17H20N4O4. The quantitative estimate of drug-likeness (QED) is 0.671.